The molecular weight excluding hydrogens is 234 g/mol. The van der Waals surface area contributed by atoms with Gasteiger partial charge in [-0.15, -0.1) is 11.8 Å². The van der Waals surface area contributed by atoms with E-state index >= 15 is 0 Å². The molecule has 2 N–H and O–H groups in total. The monoisotopic (exact) mass is 253 g/mol. The van der Waals surface area contributed by atoms with Crippen LogP contribution in [0.4, 0.5) is 5.82 Å². The summed E-state index contributed by atoms with van der Waals surface area (Å²) in [7, 11) is 0. The maximum absolute atomic E-state index is 9.49. The second-order valence-electron chi connectivity index (χ2n) is 4.85. The Morgan fingerprint density at radius 1 is 1.59 bits per heavy atom. The van der Waals surface area contributed by atoms with Crippen LogP contribution in [-0.2, 0) is 0 Å². The zero-order valence-corrected chi connectivity index (χ0v) is 11.1. The number of aliphatic hydroxyl groups is 1. The number of nitrogens with one attached hydrogen (secondary N) is 1. The average Bonchev–Trinajstić information content (AvgIpc) is 2.72. The largest absolute Gasteiger partial charge is 0.396 e. The van der Waals surface area contributed by atoms with Gasteiger partial charge in [0.15, 0.2) is 0 Å². The predicted molar refractivity (Wildman–Crippen MR) is 70.3 cm³/mol. The van der Waals surface area contributed by atoms with E-state index in [1.165, 1.54) is 0 Å². The summed E-state index contributed by atoms with van der Waals surface area (Å²) in [5.74, 6) is 0.809. The van der Waals surface area contributed by atoms with Gasteiger partial charge in [0.25, 0.3) is 0 Å². The lowest BCUT2D eigenvalue weighted by atomic mass is 9.86. The Bertz CT molecular complexity index is 388. The van der Waals surface area contributed by atoms with E-state index in [0.717, 1.165) is 30.1 Å². The molecule has 0 saturated heterocycles. The summed E-state index contributed by atoms with van der Waals surface area (Å²) >= 11 is 1.58. The van der Waals surface area contributed by atoms with Gasteiger partial charge in [-0.25, -0.2) is 4.98 Å². The second kappa shape index (κ2) is 5.23. The van der Waals surface area contributed by atoms with Crippen LogP contribution in [0.1, 0.15) is 26.2 Å². The first kappa shape index (κ1) is 12.6. The molecule has 17 heavy (non-hydrogen) atoms. The van der Waals surface area contributed by atoms with Gasteiger partial charge in [-0.1, -0.05) is 13.3 Å². The first-order chi connectivity index (χ1) is 8.18. The third-order valence-corrected chi connectivity index (χ3v) is 4.20. The Labute approximate surface area is 106 Å². The van der Waals surface area contributed by atoms with Gasteiger partial charge >= 0.3 is 0 Å². The van der Waals surface area contributed by atoms with E-state index in [1.807, 2.05) is 6.26 Å². The SMILES string of the molecule is CSc1cncc(N[C@@H]2CCC[C@@]2(C)CO)n1. The van der Waals surface area contributed by atoms with Crippen molar-refractivity contribution in [2.45, 2.75) is 37.3 Å². The number of anilines is 1. The van der Waals surface area contributed by atoms with Crippen LogP contribution in [0.25, 0.3) is 0 Å². The molecule has 0 spiro atoms. The molecule has 94 valence electrons. The molecule has 0 aromatic carbocycles. The number of aliphatic hydroxyl groups excluding tert-OH is 1. The highest BCUT2D eigenvalue weighted by atomic mass is 32.2. The first-order valence-electron chi connectivity index (χ1n) is 5.91. The Balaban J connectivity index is 2.09. The smallest absolute Gasteiger partial charge is 0.146 e. The summed E-state index contributed by atoms with van der Waals surface area (Å²) in [4.78, 5) is 8.63. The highest BCUT2D eigenvalue weighted by molar-refractivity contribution is 7.98. The lowest BCUT2D eigenvalue weighted by Gasteiger charge is -2.30. The molecule has 1 aliphatic carbocycles. The quantitative estimate of drug-likeness (QED) is 0.805. The number of thioether (sulfide) groups is 1. The fourth-order valence-electron chi connectivity index (χ4n) is 2.36. The average molecular weight is 253 g/mol. The molecule has 4 nitrogen and oxygen atoms in total. The molecule has 1 heterocycles. The van der Waals surface area contributed by atoms with Crippen LogP contribution in [0.2, 0.25) is 0 Å². The lowest BCUT2D eigenvalue weighted by Crippen LogP contribution is -2.36. The summed E-state index contributed by atoms with van der Waals surface area (Å²) in [5.41, 5.74) is -0.0307. The van der Waals surface area contributed by atoms with Crippen LogP contribution in [-0.4, -0.2) is 34.0 Å². The van der Waals surface area contributed by atoms with Crippen molar-refractivity contribution in [2.75, 3.05) is 18.2 Å². The summed E-state index contributed by atoms with van der Waals surface area (Å²) in [6, 6.07) is 0.291. The molecule has 1 fully saturated rings. The van der Waals surface area contributed by atoms with E-state index in [4.69, 9.17) is 0 Å². The van der Waals surface area contributed by atoms with E-state index in [-0.39, 0.29) is 12.0 Å². The van der Waals surface area contributed by atoms with Gasteiger partial charge in [0, 0.05) is 11.5 Å². The third-order valence-electron chi connectivity index (χ3n) is 3.59. The maximum atomic E-state index is 9.49. The van der Waals surface area contributed by atoms with Gasteiger partial charge in [-0.05, 0) is 19.1 Å². The van der Waals surface area contributed by atoms with E-state index in [2.05, 4.69) is 22.2 Å². The molecule has 1 aromatic heterocycles. The molecule has 0 amide bonds. The Morgan fingerprint density at radius 2 is 2.41 bits per heavy atom. The predicted octanol–water partition coefficient (Wildman–Crippen LogP) is 2.16. The van der Waals surface area contributed by atoms with Crippen molar-refractivity contribution in [3.05, 3.63) is 12.4 Å². The molecule has 0 radical (unpaired) electrons. The first-order valence-corrected chi connectivity index (χ1v) is 7.14. The number of hydrogen-bond donors (Lipinski definition) is 2. The molecule has 1 aliphatic rings. The van der Waals surface area contributed by atoms with Crippen molar-refractivity contribution in [2.24, 2.45) is 5.41 Å². The van der Waals surface area contributed by atoms with Gasteiger partial charge in [0.05, 0.1) is 19.0 Å². The fraction of sp³-hybridized carbons (Fsp3) is 0.667. The highest BCUT2D eigenvalue weighted by Crippen LogP contribution is 2.38. The Hall–Kier alpha value is -0.810. The molecule has 0 aliphatic heterocycles. The van der Waals surface area contributed by atoms with Crippen molar-refractivity contribution in [3.63, 3.8) is 0 Å². The summed E-state index contributed by atoms with van der Waals surface area (Å²) in [5, 5.41) is 13.8. The van der Waals surface area contributed by atoms with Crippen LogP contribution in [0.5, 0.6) is 0 Å². The zero-order valence-electron chi connectivity index (χ0n) is 10.3. The standard InChI is InChI=1S/C12H19N3OS/c1-12(8-16)5-3-4-9(12)14-10-6-13-7-11(15-10)17-2/h6-7,9,16H,3-5,8H2,1-2H3,(H,14,15)/t9-,12+/m1/s1. The van der Waals surface area contributed by atoms with Crippen molar-refractivity contribution < 1.29 is 5.11 Å². The zero-order chi connectivity index (χ0) is 12.3. The van der Waals surface area contributed by atoms with Crippen LogP contribution in [0.3, 0.4) is 0 Å². The van der Waals surface area contributed by atoms with E-state index in [1.54, 1.807) is 24.2 Å². The summed E-state index contributed by atoms with van der Waals surface area (Å²) in [6.07, 6.45) is 8.80. The third kappa shape index (κ3) is 2.72. The van der Waals surface area contributed by atoms with Crippen molar-refractivity contribution in [3.8, 4) is 0 Å². The summed E-state index contributed by atoms with van der Waals surface area (Å²) in [6.45, 7) is 2.35. The normalized spacial score (nSPS) is 28.3. The van der Waals surface area contributed by atoms with E-state index in [9.17, 15) is 5.11 Å². The number of hydrogen-bond acceptors (Lipinski definition) is 5. The number of nitrogens with zero attached hydrogens (tertiary/aromatic N) is 2. The molecule has 1 saturated carbocycles. The number of aromatic nitrogens is 2. The minimum absolute atomic E-state index is 0.0307. The van der Waals surface area contributed by atoms with Gasteiger partial charge < -0.3 is 10.4 Å². The van der Waals surface area contributed by atoms with Crippen molar-refractivity contribution in [1.82, 2.24) is 9.97 Å². The molecule has 2 rings (SSSR count). The van der Waals surface area contributed by atoms with E-state index in [0.29, 0.717) is 6.04 Å². The number of rotatable bonds is 4. The molecule has 5 heteroatoms. The fourth-order valence-corrected chi connectivity index (χ4v) is 2.72. The summed E-state index contributed by atoms with van der Waals surface area (Å²) < 4.78 is 0. The molecule has 1 aromatic rings. The molecular formula is C12H19N3OS. The molecule has 0 unspecified atom stereocenters. The van der Waals surface area contributed by atoms with Gasteiger partial charge in [-0.3, -0.25) is 4.98 Å². The topological polar surface area (TPSA) is 58.0 Å². The van der Waals surface area contributed by atoms with Gasteiger partial charge in [0.2, 0.25) is 0 Å². The lowest BCUT2D eigenvalue weighted by molar-refractivity contribution is 0.139. The van der Waals surface area contributed by atoms with Crippen molar-refractivity contribution >= 4 is 17.6 Å². The molecule has 0 bridgehead atoms. The van der Waals surface area contributed by atoms with Crippen molar-refractivity contribution in [1.29, 1.82) is 0 Å². The second-order valence-corrected chi connectivity index (χ2v) is 5.67. The highest BCUT2D eigenvalue weighted by Gasteiger charge is 2.38. The van der Waals surface area contributed by atoms with Crippen LogP contribution in [0.15, 0.2) is 17.4 Å². The maximum Gasteiger partial charge on any atom is 0.146 e. The van der Waals surface area contributed by atoms with E-state index < -0.39 is 0 Å². The van der Waals surface area contributed by atoms with Crippen LogP contribution >= 0.6 is 11.8 Å². The Morgan fingerprint density at radius 3 is 3.12 bits per heavy atom. The van der Waals surface area contributed by atoms with Gasteiger partial charge in [-0.2, -0.15) is 0 Å². The van der Waals surface area contributed by atoms with Crippen LogP contribution < -0.4 is 5.32 Å². The minimum Gasteiger partial charge on any atom is -0.396 e. The Kier molecular flexibility index (Phi) is 3.89. The molecule has 2 atom stereocenters. The van der Waals surface area contributed by atoms with Crippen LogP contribution in [0, 0.1) is 5.41 Å². The van der Waals surface area contributed by atoms with Gasteiger partial charge in [0.1, 0.15) is 10.8 Å². The minimum atomic E-state index is -0.0307.